The molecule has 1 unspecified atom stereocenters. The van der Waals surface area contributed by atoms with Crippen molar-refractivity contribution in [2.24, 2.45) is 15.0 Å². The summed E-state index contributed by atoms with van der Waals surface area (Å²) in [4.78, 5) is 17.3. The van der Waals surface area contributed by atoms with Crippen LogP contribution in [0.1, 0.15) is 5.56 Å². The van der Waals surface area contributed by atoms with Gasteiger partial charge in [0.15, 0.2) is 5.84 Å². The second-order valence-corrected chi connectivity index (χ2v) is 5.20. The van der Waals surface area contributed by atoms with Gasteiger partial charge in [-0.05, 0) is 17.7 Å². The third-order valence-electron chi connectivity index (χ3n) is 2.79. The molecular weight excluding hydrogens is 304 g/mol. The summed E-state index contributed by atoms with van der Waals surface area (Å²) in [5.74, 6) is 0.725. The molecule has 0 spiro atoms. The zero-order valence-electron chi connectivity index (χ0n) is 10.1. The third-order valence-corrected chi connectivity index (χ3v) is 3.36. The summed E-state index contributed by atoms with van der Waals surface area (Å²) in [6.45, 7) is 0.571. The van der Waals surface area contributed by atoms with Crippen molar-refractivity contribution in [2.75, 3.05) is 0 Å². The molecule has 0 N–H and O–H groups in total. The molecule has 0 aromatic carbocycles. The maximum atomic E-state index is 4.55. The summed E-state index contributed by atoms with van der Waals surface area (Å²) >= 11 is 3.54. The fraction of sp³-hybridized carbons (Fsp3) is 0.143. The number of alkyl halides is 1. The van der Waals surface area contributed by atoms with E-state index in [1.54, 1.807) is 12.5 Å². The first-order valence-electron chi connectivity index (χ1n) is 5.91. The lowest BCUT2D eigenvalue weighted by Crippen LogP contribution is -2.18. The van der Waals surface area contributed by atoms with Crippen molar-refractivity contribution < 1.29 is 0 Å². The molecule has 3 rings (SSSR count). The molecular formula is C14H11BrN4. The quantitative estimate of drug-likeness (QED) is 0.774. The molecule has 2 heterocycles. The minimum Gasteiger partial charge on any atom is -0.264 e. The van der Waals surface area contributed by atoms with E-state index in [2.05, 4.69) is 42.0 Å². The van der Waals surface area contributed by atoms with E-state index >= 15 is 0 Å². The molecule has 1 aliphatic carbocycles. The molecule has 1 aliphatic heterocycles. The van der Waals surface area contributed by atoms with Crippen LogP contribution in [0.5, 0.6) is 0 Å². The van der Waals surface area contributed by atoms with Gasteiger partial charge in [0.2, 0.25) is 0 Å². The standard InChI is InChI=1S/C14H11BrN4/c15-11-3-4-13-12(6-11)14(19-9-18-13)17-8-10-2-1-5-16-7-10/h1-7,9,11H,8H2. The Morgan fingerprint density at radius 1 is 1.37 bits per heavy atom. The molecule has 1 aromatic rings. The average Bonchev–Trinajstić information content (AvgIpc) is 2.46. The lowest BCUT2D eigenvalue weighted by atomic mass is 10.0. The van der Waals surface area contributed by atoms with E-state index in [0.717, 1.165) is 22.7 Å². The minimum atomic E-state index is 0.207. The first-order chi connectivity index (χ1) is 9.33. The topological polar surface area (TPSA) is 50.0 Å². The number of fused-ring (bicyclic) bond motifs is 1. The van der Waals surface area contributed by atoms with E-state index in [1.165, 1.54) is 0 Å². The summed E-state index contributed by atoms with van der Waals surface area (Å²) < 4.78 is 0. The first kappa shape index (κ1) is 12.2. The highest BCUT2D eigenvalue weighted by Crippen LogP contribution is 2.19. The number of aliphatic imine (C=N–C) groups is 3. The summed E-state index contributed by atoms with van der Waals surface area (Å²) in [5.41, 5.74) is 2.96. The number of aromatic nitrogens is 1. The molecule has 94 valence electrons. The van der Waals surface area contributed by atoms with Gasteiger partial charge < -0.3 is 0 Å². The lowest BCUT2D eigenvalue weighted by Gasteiger charge is -2.15. The van der Waals surface area contributed by atoms with Crippen LogP contribution in [0.15, 0.2) is 63.3 Å². The maximum absolute atomic E-state index is 4.55. The largest absolute Gasteiger partial charge is 0.264 e. The lowest BCUT2D eigenvalue weighted by molar-refractivity contribution is 1.04. The number of nitrogens with zero attached hydrogens (tertiary/aromatic N) is 4. The molecule has 0 bridgehead atoms. The fourth-order valence-corrected chi connectivity index (χ4v) is 2.29. The Hall–Kier alpha value is -1.88. The van der Waals surface area contributed by atoms with Gasteiger partial charge in [0, 0.05) is 18.0 Å². The number of halogens is 1. The van der Waals surface area contributed by atoms with E-state index < -0.39 is 0 Å². The van der Waals surface area contributed by atoms with Gasteiger partial charge >= 0.3 is 0 Å². The van der Waals surface area contributed by atoms with Gasteiger partial charge in [0.1, 0.15) is 6.34 Å². The molecule has 0 saturated carbocycles. The van der Waals surface area contributed by atoms with Crippen molar-refractivity contribution >= 4 is 33.8 Å². The highest BCUT2D eigenvalue weighted by atomic mass is 79.9. The summed E-state index contributed by atoms with van der Waals surface area (Å²) in [6.07, 6.45) is 11.2. The number of hydrogen-bond donors (Lipinski definition) is 0. The van der Waals surface area contributed by atoms with Crippen molar-refractivity contribution in [3.05, 3.63) is 53.9 Å². The van der Waals surface area contributed by atoms with E-state index in [-0.39, 0.29) is 4.83 Å². The summed E-state index contributed by atoms with van der Waals surface area (Å²) in [5, 5.41) is 0. The molecule has 1 aromatic heterocycles. The number of allylic oxidation sites excluding steroid dienone is 3. The van der Waals surface area contributed by atoms with Crippen LogP contribution in [0.2, 0.25) is 0 Å². The minimum absolute atomic E-state index is 0.207. The molecule has 2 aliphatic rings. The van der Waals surface area contributed by atoms with Gasteiger partial charge in [0.05, 0.1) is 17.1 Å². The van der Waals surface area contributed by atoms with E-state index in [1.807, 2.05) is 30.5 Å². The Morgan fingerprint density at radius 2 is 2.32 bits per heavy atom. The van der Waals surface area contributed by atoms with Gasteiger partial charge in [-0.15, -0.1) is 0 Å². The Labute approximate surface area is 119 Å². The van der Waals surface area contributed by atoms with Gasteiger partial charge in [-0.25, -0.2) is 9.98 Å². The van der Waals surface area contributed by atoms with E-state index in [0.29, 0.717) is 6.54 Å². The van der Waals surface area contributed by atoms with Crippen LogP contribution in [-0.2, 0) is 6.54 Å². The van der Waals surface area contributed by atoms with Crippen LogP contribution in [-0.4, -0.2) is 27.7 Å². The molecule has 19 heavy (non-hydrogen) atoms. The van der Waals surface area contributed by atoms with Crippen LogP contribution in [0.25, 0.3) is 0 Å². The van der Waals surface area contributed by atoms with Crippen LogP contribution in [0, 0.1) is 0 Å². The van der Waals surface area contributed by atoms with E-state index in [4.69, 9.17) is 0 Å². The van der Waals surface area contributed by atoms with Crippen molar-refractivity contribution in [1.29, 1.82) is 0 Å². The average molecular weight is 315 g/mol. The van der Waals surface area contributed by atoms with Crippen LogP contribution in [0.3, 0.4) is 0 Å². The normalized spacial score (nSPS) is 23.0. The first-order valence-corrected chi connectivity index (χ1v) is 6.83. The van der Waals surface area contributed by atoms with Crippen LogP contribution >= 0.6 is 15.9 Å². The third kappa shape index (κ3) is 2.76. The summed E-state index contributed by atoms with van der Waals surface area (Å²) in [6, 6.07) is 3.91. The second kappa shape index (κ2) is 5.40. The highest BCUT2D eigenvalue weighted by Gasteiger charge is 2.18. The van der Waals surface area contributed by atoms with Gasteiger partial charge in [-0.2, -0.15) is 0 Å². The maximum Gasteiger partial charge on any atom is 0.158 e. The van der Waals surface area contributed by atoms with Crippen molar-refractivity contribution in [2.45, 2.75) is 11.4 Å². The van der Waals surface area contributed by atoms with Crippen molar-refractivity contribution in [3.8, 4) is 0 Å². The molecule has 0 saturated heterocycles. The van der Waals surface area contributed by atoms with E-state index in [9.17, 15) is 0 Å². The number of hydrogen-bond acceptors (Lipinski definition) is 3. The van der Waals surface area contributed by atoms with Gasteiger partial charge in [-0.3, -0.25) is 9.98 Å². The monoisotopic (exact) mass is 314 g/mol. The molecule has 0 amide bonds. The highest BCUT2D eigenvalue weighted by molar-refractivity contribution is 9.09. The Balaban J connectivity index is 1.85. The Kier molecular flexibility index (Phi) is 3.46. The van der Waals surface area contributed by atoms with Gasteiger partial charge in [0.25, 0.3) is 0 Å². The zero-order valence-corrected chi connectivity index (χ0v) is 11.7. The second-order valence-electron chi connectivity index (χ2n) is 4.14. The fourth-order valence-electron chi connectivity index (χ4n) is 1.87. The number of pyridine rings is 1. The SMILES string of the molecule is BrC1C=CC2=NC=NC(=NCc3cccnc3)C2=C1. The Bertz CT molecular complexity index is 626. The van der Waals surface area contributed by atoms with Crippen molar-refractivity contribution in [3.63, 3.8) is 0 Å². The van der Waals surface area contributed by atoms with Gasteiger partial charge in [-0.1, -0.05) is 34.1 Å². The van der Waals surface area contributed by atoms with Crippen molar-refractivity contribution in [1.82, 2.24) is 4.98 Å². The predicted octanol–water partition coefficient (Wildman–Crippen LogP) is 2.72. The summed E-state index contributed by atoms with van der Waals surface area (Å²) in [7, 11) is 0. The number of rotatable bonds is 2. The number of amidine groups is 1. The predicted molar refractivity (Wildman–Crippen MR) is 81.2 cm³/mol. The molecule has 5 heteroatoms. The van der Waals surface area contributed by atoms with Crippen LogP contribution < -0.4 is 0 Å². The molecule has 0 fully saturated rings. The molecule has 4 nitrogen and oxygen atoms in total. The zero-order chi connectivity index (χ0) is 13.1. The molecule has 0 radical (unpaired) electrons. The Morgan fingerprint density at radius 3 is 3.16 bits per heavy atom. The van der Waals surface area contributed by atoms with Crippen LogP contribution in [0.4, 0.5) is 0 Å². The molecule has 1 atom stereocenters. The smallest absolute Gasteiger partial charge is 0.158 e.